The number of nitrogens with zero attached hydrogens (tertiary/aromatic N) is 2. The largest absolute Gasteiger partial charge is 0.453 e. The summed E-state index contributed by atoms with van der Waals surface area (Å²) in [5.41, 5.74) is 5.77. The summed E-state index contributed by atoms with van der Waals surface area (Å²) in [6.07, 6.45) is -0.949. The molecule has 0 spiro atoms. The third-order valence-corrected chi connectivity index (χ3v) is 4.79. The molecular formula is C20H18N2O4. The van der Waals surface area contributed by atoms with Gasteiger partial charge in [-0.25, -0.2) is 14.8 Å². The van der Waals surface area contributed by atoms with Crippen molar-refractivity contribution < 1.29 is 19.7 Å². The molecule has 2 N–H and O–H groups in total. The van der Waals surface area contributed by atoms with Crippen LogP contribution in [0.4, 0.5) is 5.69 Å². The number of para-hydroxylation sites is 1. The molecule has 0 radical (unpaired) electrons. The molecule has 0 fully saturated rings. The SMILES string of the molecule is CC1=C(C(=O)OC(CO)CO)N=c2cc3c(c(C)c21)=Nc1ccccc1-3. The van der Waals surface area contributed by atoms with Crippen LogP contribution in [0, 0.1) is 6.92 Å². The molecule has 2 aliphatic rings. The van der Waals surface area contributed by atoms with Crippen molar-refractivity contribution >= 4 is 17.2 Å². The summed E-state index contributed by atoms with van der Waals surface area (Å²) in [6.45, 7) is 2.92. The zero-order valence-electron chi connectivity index (χ0n) is 14.5. The Morgan fingerprint density at radius 2 is 1.85 bits per heavy atom. The molecule has 2 aliphatic heterocycles. The molecule has 0 saturated carbocycles. The summed E-state index contributed by atoms with van der Waals surface area (Å²) in [7, 11) is 0. The fraction of sp³-hybridized carbons (Fsp3) is 0.250. The molecule has 132 valence electrons. The number of hydrogen-bond acceptors (Lipinski definition) is 6. The fourth-order valence-corrected chi connectivity index (χ4v) is 3.48. The molecule has 2 aromatic carbocycles. The van der Waals surface area contributed by atoms with Crippen LogP contribution in [0.5, 0.6) is 0 Å². The topological polar surface area (TPSA) is 91.5 Å². The second kappa shape index (κ2) is 6.16. The fourth-order valence-electron chi connectivity index (χ4n) is 3.48. The summed E-state index contributed by atoms with van der Waals surface area (Å²) in [6, 6.07) is 9.88. The van der Waals surface area contributed by atoms with Crippen LogP contribution in [0.3, 0.4) is 0 Å². The van der Waals surface area contributed by atoms with Gasteiger partial charge in [-0.15, -0.1) is 0 Å². The Balaban J connectivity index is 1.82. The van der Waals surface area contributed by atoms with Gasteiger partial charge in [0.1, 0.15) is 6.10 Å². The molecule has 4 rings (SSSR count). The number of carbonyl (C=O) groups is 1. The summed E-state index contributed by atoms with van der Waals surface area (Å²) in [4.78, 5) is 21.6. The highest BCUT2D eigenvalue weighted by molar-refractivity contribution is 5.99. The minimum atomic E-state index is -0.949. The van der Waals surface area contributed by atoms with E-state index in [9.17, 15) is 4.79 Å². The number of fused-ring (bicyclic) bond motifs is 4. The van der Waals surface area contributed by atoms with E-state index < -0.39 is 25.3 Å². The van der Waals surface area contributed by atoms with Gasteiger partial charge in [-0.2, -0.15) is 0 Å². The Bertz CT molecular complexity index is 1080. The lowest BCUT2D eigenvalue weighted by Gasteiger charge is -2.12. The lowest BCUT2D eigenvalue weighted by Crippen LogP contribution is -2.26. The highest BCUT2D eigenvalue weighted by Gasteiger charge is 2.27. The maximum absolute atomic E-state index is 12.4. The van der Waals surface area contributed by atoms with Crippen molar-refractivity contribution in [1.29, 1.82) is 0 Å². The van der Waals surface area contributed by atoms with Gasteiger partial charge in [0.05, 0.1) is 29.6 Å². The molecule has 0 unspecified atom stereocenters. The Labute approximate surface area is 149 Å². The number of esters is 1. The first kappa shape index (κ1) is 16.6. The van der Waals surface area contributed by atoms with Crippen LogP contribution in [0.1, 0.15) is 18.1 Å². The number of hydrogen-bond donors (Lipinski definition) is 2. The van der Waals surface area contributed by atoms with Crippen molar-refractivity contribution in [3.8, 4) is 11.1 Å². The molecule has 2 aromatic rings. The van der Waals surface area contributed by atoms with Gasteiger partial charge in [0.25, 0.3) is 0 Å². The third kappa shape index (κ3) is 2.38. The number of benzene rings is 2. The number of aliphatic hydroxyl groups is 2. The van der Waals surface area contributed by atoms with Gasteiger partial charge in [0, 0.05) is 16.7 Å². The summed E-state index contributed by atoms with van der Waals surface area (Å²) in [5.74, 6) is -0.649. The van der Waals surface area contributed by atoms with E-state index in [-0.39, 0.29) is 5.70 Å². The molecule has 2 heterocycles. The van der Waals surface area contributed by atoms with Crippen molar-refractivity contribution in [3.63, 3.8) is 0 Å². The van der Waals surface area contributed by atoms with Gasteiger partial charge < -0.3 is 14.9 Å². The molecule has 0 saturated heterocycles. The van der Waals surface area contributed by atoms with Crippen molar-refractivity contribution in [3.05, 3.63) is 57.9 Å². The van der Waals surface area contributed by atoms with Crippen LogP contribution in [0.15, 0.2) is 46.0 Å². The minimum Gasteiger partial charge on any atom is -0.453 e. The molecule has 0 atom stereocenters. The standard InChI is InChI=1S/C20H18N2O4/c1-10-17-11(2)19(20(25)26-12(8-23)9-24)22-16(17)7-14-13-5-3-4-6-15(13)21-18(10)14/h3-7,12,23-24H,8-9H2,1-2H3. The molecule has 0 amide bonds. The van der Waals surface area contributed by atoms with Gasteiger partial charge in [-0.3, -0.25) is 0 Å². The van der Waals surface area contributed by atoms with E-state index >= 15 is 0 Å². The van der Waals surface area contributed by atoms with E-state index in [0.29, 0.717) is 10.9 Å². The Morgan fingerprint density at radius 3 is 2.58 bits per heavy atom. The normalized spacial score (nSPS) is 13.9. The van der Waals surface area contributed by atoms with E-state index in [2.05, 4.69) is 4.99 Å². The monoisotopic (exact) mass is 350 g/mol. The summed E-state index contributed by atoms with van der Waals surface area (Å²) in [5, 5.41) is 19.8. The second-order valence-corrected chi connectivity index (χ2v) is 6.40. The second-order valence-electron chi connectivity index (χ2n) is 6.40. The Kier molecular flexibility index (Phi) is 3.94. The quantitative estimate of drug-likeness (QED) is 0.692. The van der Waals surface area contributed by atoms with Gasteiger partial charge in [-0.05, 0) is 37.1 Å². The third-order valence-electron chi connectivity index (χ3n) is 4.79. The Morgan fingerprint density at radius 1 is 1.12 bits per heavy atom. The van der Waals surface area contributed by atoms with Crippen LogP contribution in [0.2, 0.25) is 0 Å². The van der Waals surface area contributed by atoms with Crippen molar-refractivity contribution in [2.24, 2.45) is 9.98 Å². The number of ether oxygens (including phenoxy) is 1. The maximum atomic E-state index is 12.4. The average molecular weight is 350 g/mol. The molecule has 26 heavy (non-hydrogen) atoms. The van der Waals surface area contributed by atoms with Crippen LogP contribution >= 0.6 is 0 Å². The number of rotatable bonds is 4. The van der Waals surface area contributed by atoms with Crippen molar-refractivity contribution in [2.75, 3.05) is 13.2 Å². The number of allylic oxidation sites excluding steroid dienone is 1. The van der Waals surface area contributed by atoms with Crippen LogP contribution in [-0.2, 0) is 9.53 Å². The highest BCUT2D eigenvalue weighted by Crippen LogP contribution is 2.34. The first-order valence-electron chi connectivity index (χ1n) is 8.39. The lowest BCUT2D eigenvalue weighted by molar-refractivity contribution is -0.148. The van der Waals surface area contributed by atoms with Crippen LogP contribution < -0.4 is 10.7 Å². The number of carbonyl (C=O) groups excluding carboxylic acids is 1. The smallest absolute Gasteiger partial charge is 0.357 e. The van der Waals surface area contributed by atoms with Gasteiger partial charge in [0.2, 0.25) is 0 Å². The summed E-state index contributed by atoms with van der Waals surface area (Å²) < 4.78 is 5.12. The molecule has 0 aromatic heterocycles. The minimum absolute atomic E-state index is 0.201. The predicted octanol–water partition coefficient (Wildman–Crippen LogP) is 1.19. The molecule has 6 nitrogen and oxygen atoms in total. The van der Waals surface area contributed by atoms with Crippen LogP contribution in [-0.4, -0.2) is 35.5 Å². The van der Waals surface area contributed by atoms with Crippen molar-refractivity contribution in [2.45, 2.75) is 20.0 Å². The Hall–Kier alpha value is -2.83. The maximum Gasteiger partial charge on any atom is 0.357 e. The van der Waals surface area contributed by atoms with Crippen LogP contribution in [0.25, 0.3) is 16.7 Å². The van der Waals surface area contributed by atoms with Crippen molar-refractivity contribution in [1.82, 2.24) is 0 Å². The molecule has 0 aliphatic carbocycles. The lowest BCUT2D eigenvalue weighted by atomic mass is 9.96. The zero-order valence-corrected chi connectivity index (χ0v) is 14.5. The van der Waals surface area contributed by atoms with Gasteiger partial charge in [-0.1, -0.05) is 18.2 Å². The molecular weight excluding hydrogens is 332 g/mol. The van der Waals surface area contributed by atoms with E-state index in [0.717, 1.165) is 33.3 Å². The zero-order chi connectivity index (χ0) is 18.4. The van der Waals surface area contributed by atoms with Gasteiger partial charge >= 0.3 is 5.97 Å². The van der Waals surface area contributed by atoms with E-state index in [1.54, 1.807) is 0 Å². The highest BCUT2D eigenvalue weighted by atomic mass is 16.6. The number of aliphatic hydroxyl groups excluding tert-OH is 2. The van der Waals surface area contributed by atoms with E-state index in [1.807, 2.05) is 44.2 Å². The first-order chi connectivity index (χ1) is 12.5. The van der Waals surface area contributed by atoms with Gasteiger partial charge in [0.15, 0.2) is 5.70 Å². The van der Waals surface area contributed by atoms with E-state index in [1.165, 1.54) is 0 Å². The average Bonchev–Trinajstić information content (AvgIpc) is 3.18. The van der Waals surface area contributed by atoms with E-state index in [4.69, 9.17) is 19.9 Å². The molecule has 0 bridgehead atoms. The summed E-state index contributed by atoms with van der Waals surface area (Å²) >= 11 is 0. The first-order valence-corrected chi connectivity index (χ1v) is 8.39. The molecule has 6 heteroatoms. The predicted molar refractivity (Wildman–Crippen MR) is 95.2 cm³/mol.